The van der Waals surface area contributed by atoms with Crippen molar-refractivity contribution >= 4 is 5.97 Å². The number of hydrogen-bond donors (Lipinski definition) is 3. The Bertz CT molecular complexity index is 175. The first-order valence-corrected chi connectivity index (χ1v) is 4.07. The van der Waals surface area contributed by atoms with E-state index in [4.69, 9.17) is 20.7 Å². The van der Waals surface area contributed by atoms with Crippen LogP contribution in [0.2, 0.25) is 0 Å². The molecule has 0 aliphatic rings. The zero-order chi connectivity index (χ0) is 10.6. The maximum absolute atomic E-state index is 11.1. The molecule has 4 N–H and O–H groups in total. The summed E-state index contributed by atoms with van der Waals surface area (Å²) in [6.45, 7) is 4.84. The molecule has 78 valence electrons. The van der Waals surface area contributed by atoms with Gasteiger partial charge in [-0.2, -0.15) is 0 Å². The molecule has 0 amide bonds. The summed E-state index contributed by atoms with van der Waals surface area (Å²) < 4.78 is 4.82. The average molecular weight is 191 g/mol. The van der Waals surface area contributed by atoms with Crippen molar-refractivity contribution in [2.75, 3.05) is 6.54 Å². The molecule has 0 bridgehead atoms. The predicted molar refractivity (Wildman–Crippen MR) is 46.9 cm³/mol. The fourth-order valence-corrected chi connectivity index (χ4v) is 0.648. The normalized spacial score (nSPS) is 16.5. The van der Waals surface area contributed by atoms with Gasteiger partial charge in [-0.05, 0) is 20.8 Å². The Morgan fingerprint density at radius 1 is 1.46 bits per heavy atom. The van der Waals surface area contributed by atoms with Gasteiger partial charge < -0.3 is 20.7 Å². The van der Waals surface area contributed by atoms with E-state index in [2.05, 4.69) is 0 Å². The highest BCUT2D eigenvalue weighted by Crippen LogP contribution is 2.09. The highest BCUT2D eigenvalue weighted by Gasteiger charge is 2.28. The number of esters is 1. The van der Waals surface area contributed by atoms with Crippen molar-refractivity contribution in [2.24, 2.45) is 5.73 Å². The summed E-state index contributed by atoms with van der Waals surface area (Å²) in [5, 5.41) is 18.2. The Kier molecular flexibility index (Phi) is 4.32. The Balaban J connectivity index is 4.12. The Labute approximate surface area is 77.5 Å². The standard InChI is InChI=1S/C8H17NO4/c1-8(2,3)13-7(12)6(11)5(10)4-9/h5-6,10-11H,4,9H2,1-3H3/t5-,6-/m0/s1. The van der Waals surface area contributed by atoms with Gasteiger partial charge in [-0.1, -0.05) is 0 Å². The first kappa shape index (κ1) is 12.3. The van der Waals surface area contributed by atoms with E-state index < -0.39 is 23.8 Å². The molecule has 2 atom stereocenters. The second kappa shape index (κ2) is 4.55. The van der Waals surface area contributed by atoms with Crippen LogP contribution in [-0.4, -0.2) is 40.5 Å². The van der Waals surface area contributed by atoms with Crippen molar-refractivity contribution in [3.63, 3.8) is 0 Å². The lowest BCUT2D eigenvalue weighted by Gasteiger charge is -2.23. The van der Waals surface area contributed by atoms with Crippen LogP contribution < -0.4 is 5.73 Å². The number of nitrogens with two attached hydrogens (primary N) is 1. The van der Waals surface area contributed by atoms with Crippen molar-refractivity contribution in [3.05, 3.63) is 0 Å². The number of hydrogen-bond acceptors (Lipinski definition) is 5. The van der Waals surface area contributed by atoms with Crippen LogP contribution in [0.3, 0.4) is 0 Å². The highest BCUT2D eigenvalue weighted by molar-refractivity contribution is 5.75. The monoisotopic (exact) mass is 191 g/mol. The lowest BCUT2D eigenvalue weighted by Crippen LogP contribution is -2.42. The Morgan fingerprint density at radius 3 is 2.23 bits per heavy atom. The summed E-state index contributed by atoms with van der Waals surface area (Å²) in [4.78, 5) is 11.1. The van der Waals surface area contributed by atoms with Crippen LogP contribution in [0.25, 0.3) is 0 Å². The second-order valence-electron chi connectivity index (χ2n) is 3.78. The number of aliphatic hydroxyl groups is 2. The van der Waals surface area contributed by atoms with Gasteiger partial charge in [0.1, 0.15) is 11.7 Å². The average Bonchev–Trinajstić information content (AvgIpc) is 1.98. The minimum atomic E-state index is -1.57. The molecule has 0 radical (unpaired) electrons. The fraction of sp³-hybridized carbons (Fsp3) is 0.875. The summed E-state index contributed by atoms with van der Waals surface area (Å²) >= 11 is 0. The quantitative estimate of drug-likeness (QED) is 0.498. The molecular weight excluding hydrogens is 174 g/mol. The minimum absolute atomic E-state index is 0.180. The molecule has 5 nitrogen and oxygen atoms in total. The second-order valence-corrected chi connectivity index (χ2v) is 3.78. The third kappa shape index (κ3) is 4.82. The van der Waals surface area contributed by atoms with E-state index in [9.17, 15) is 4.79 Å². The molecule has 13 heavy (non-hydrogen) atoms. The van der Waals surface area contributed by atoms with E-state index in [1.165, 1.54) is 0 Å². The largest absolute Gasteiger partial charge is 0.458 e. The van der Waals surface area contributed by atoms with Gasteiger partial charge in [0.25, 0.3) is 0 Å². The number of rotatable bonds is 3. The zero-order valence-corrected chi connectivity index (χ0v) is 8.15. The van der Waals surface area contributed by atoms with E-state index in [0.717, 1.165) is 0 Å². The van der Waals surface area contributed by atoms with Gasteiger partial charge in [0.2, 0.25) is 0 Å². The number of carbonyl (C=O) groups excluding carboxylic acids is 1. The molecule has 0 heterocycles. The van der Waals surface area contributed by atoms with Crippen LogP contribution in [0.1, 0.15) is 20.8 Å². The maximum atomic E-state index is 11.1. The predicted octanol–water partition coefficient (Wildman–Crippen LogP) is -0.991. The fourth-order valence-electron chi connectivity index (χ4n) is 0.648. The third-order valence-corrected chi connectivity index (χ3v) is 1.25. The minimum Gasteiger partial charge on any atom is -0.458 e. The lowest BCUT2D eigenvalue weighted by molar-refractivity contribution is -0.170. The van der Waals surface area contributed by atoms with E-state index >= 15 is 0 Å². The highest BCUT2D eigenvalue weighted by atomic mass is 16.6. The molecule has 0 saturated carbocycles. The molecule has 0 rings (SSSR count). The van der Waals surface area contributed by atoms with Gasteiger partial charge in [-0.3, -0.25) is 0 Å². The topological polar surface area (TPSA) is 92.8 Å². The van der Waals surface area contributed by atoms with E-state index in [0.29, 0.717) is 0 Å². The van der Waals surface area contributed by atoms with E-state index in [1.54, 1.807) is 20.8 Å². The van der Waals surface area contributed by atoms with Gasteiger partial charge in [0.05, 0.1) is 0 Å². The van der Waals surface area contributed by atoms with Crippen molar-refractivity contribution in [3.8, 4) is 0 Å². The SMILES string of the molecule is CC(C)(C)OC(=O)[C@@H](O)[C@@H](O)CN. The third-order valence-electron chi connectivity index (χ3n) is 1.25. The molecule has 0 aliphatic heterocycles. The molecule has 0 aromatic rings. The molecule has 0 fully saturated rings. The molecule has 5 heteroatoms. The molecular formula is C8H17NO4. The van der Waals surface area contributed by atoms with Gasteiger partial charge in [-0.25, -0.2) is 4.79 Å². The lowest BCUT2D eigenvalue weighted by atomic mass is 10.1. The van der Waals surface area contributed by atoms with Gasteiger partial charge >= 0.3 is 5.97 Å². The van der Waals surface area contributed by atoms with Gasteiger partial charge in [0, 0.05) is 6.54 Å². The van der Waals surface area contributed by atoms with Gasteiger partial charge in [-0.15, -0.1) is 0 Å². The summed E-state index contributed by atoms with van der Waals surface area (Å²) in [5.41, 5.74) is 4.38. The van der Waals surface area contributed by atoms with Crippen LogP contribution in [0.15, 0.2) is 0 Å². The van der Waals surface area contributed by atoms with E-state index in [-0.39, 0.29) is 6.54 Å². The number of carbonyl (C=O) groups is 1. The molecule has 0 spiro atoms. The van der Waals surface area contributed by atoms with Crippen LogP contribution in [0, 0.1) is 0 Å². The first-order valence-electron chi connectivity index (χ1n) is 4.07. The summed E-state index contributed by atoms with van der Waals surface area (Å²) in [5.74, 6) is -0.856. The Hall–Kier alpha value is -0.650. The summed E-state index contributed by atoms with van der Waals surface area (Å²) in [7, 11) is 0. The maximum Gasteiger partial charge on any atom is 0.338 e. The molecule has 0 saturated heterocycles. The van der Waals surface area contributed by atoms with Crippen LogP contribution in [-0.2, 0) is 9.53 Å². The molecule has 0 unspecified atom stereocenters. The Morgan fingerprint density at radius 2 is 1.92 bits per heavy atom. The molecule has 0 aromatic heterocycles. The molecule has 0 aromatic carbocycles. The number of aliphatic hydroxyl groups excluding tert-OH is 2. The number of ether oxygens (including phenoxy) is 1. The van der Waals surface area contributed by atoms with Crippen molar-refractivity contribution in [1.29, 1.82) is 0 Å². The van der Waals surface area contributed by atoms with Gasteiger partial charge in [0.15, 0.2) is 6.10 Å². The first-order chi connectivity index (χ1) is 5.78. The van der Waals surface area contributed by atoms with Crippen molar-refractivity contribution < 1.29 is 19.7 Å². The van der Waals surface area contributed by atoms with Crippen LogP contribution in [0.4, 0.5) is 0 Å². The van der Waals surface area contributed by atoms with Crippen LogP contribution in [0.5, 0.6) is 0 Å². The van der Waals surface area contributed by atoms with Crippen molar-refractivity contribution in [1.82, 2.24) is 0 Å². The smallest absolute Gasteiger partial charge is 0.338 e. The van der Waals surface area contributed by atoms with E-state index in [1.807, 2.05) is 0 Å². The summed E-state index contributed by atoms with van der Waals surface area (Å²) in [6, 6.07) is 0. The van der Waals surface area contributed by atoms with Crippen molar-refractivity contribution in [2.45, 2.75) is 38.6 Å². The van der Waals surface area contributed by atoms with Crippen LogP contribution >= 0.6 is 0 Å². The molecule has 0 aliphatic carbocycles. The summed E-state index contributed by atoms with van der Waals surface area (Å²) in [6.07, 6.45) is -2.83. The zero-order valence-electron chi connectivity index (χ0n) is 8.15.